The molecular weight excluding hydrogens is 353 g/mol. The summed E-state index contributed by atoms with van der Waals surface area (Å²) in [5.41, 5.74) is 3.84. The van der Waals surface area contributed by atoms with Crippen LogP contribution in [-0.2, 0) is 13.1 Å². The van der Waals surface area contributed by atoms with Crippen molar-refractivity contribution in [1.82, 2.24) is 9.47 Å². The smallest absolute Gasteiger partial charge is 0.322 e. The van der Waals surface area contributed by atoms with Crippen molar-refractivity contribution >= 4 is 11.7 Å². The maximum atomic E-state index is 13.1. The van der Waals surface area contributed by atoms with Gasteiger partial charge < -0.3 is 14.8 Å². The molecule has 0 fully saturated rings. The van der Waals surface area contributed by atoms with Crippen LogP contribution >= 0.6 is 0 Å². The number of amides is 2. The monoisotopic (exact) mass is 377 g/mol. The highest BCUT2D eigenvalue weighted by atomic mass is 19.1. The molecule has 1 N–H and O–H groups in total. The number of nitrogens with zero attached hydrogens (tertiary/aromatic N) is 2. The Labute approximate surface area is 164 Å². The highest BCUT2D eigenvalue weighted by molar-refractivity contribution is 5.89. The number of carbonyl (C=O) groups is 1. The summed E-state index contributed by atoms with van der Waals surface area (Å²) >= 11 is 0. The average molecular weight is 377 g/mol. The van der Waals surface area contributed by atoms with E-state index in [0.29, 0.717) is 19.6 Å². The minimum atomic E-state index is -0.249. The fourth-order valence-corrected chi connectivity index (χ4v) is 3.03. The number of benzene rings is 2. The van der Waals surface area contributed by atoms with E-state index in [9.17, 15) is 9.18 Å². The van der Waals surface area contributed by atoms with Crippen LogP contribution in [0.15, 0.2) is 79.5 Å². The highest BCUT2D eigenvalue weighted by Crippen LogP contribution is 2.14. The Morgan fingerprint density at radius 2 is 1.96 bits per heavy atom. The molecule has 0 atom stereocenters. The Morgan fingerprint density at radius 1 is 1.18 bits per heavy atom. The van der Waals surface area contributed by atoms with Crippen LogP contribution in [-0.4, -0.2) is 22.0 Å². The van der Waals surface area contributed by atoms with Crippen LogP contribution < -0.4 is 5.32 Å². The third-order valence-corrected chi connectivity index (χ3v) is 4.45. The van der Waals surface area contributed by atoms with Crippen molar-refractivity contribution in [2.24, 2.45) is 0 Å². The van der Waals surface area contributed by atoms with Crippen LogP contribution in [0.2, 0.25) is 0 Å². The second-order valence-corrected chi connectivity index (χ2v) is 6.72. The Balaban J connectivity index is 1.72. The maximum Gasteiger partial charge on any atom is 0.322 e. The van der Waals surface area contributed by atoms with Gasteiger partial charge in [0.15, 0.2) is 0 Å². The fraction of sp³-hybridized carbons (Fsp3) is 0.174. The maximum absolute atomic E-state index is 13.1. The second-order valence-electron chi connectivity index (χ2n) is 6.72. The Bertz CT molecular complexity index is 946. The van der Waals surface area contributed by atoms with Crippen LogP contribution in [0.1, 0.15) is 16.8 Å². The van der Waals surface area contributed by atoms with Crippen LogP contribution in [0.25, 0.3) is 0 Å². The van der Waals surface area contributed by atoms with E-state index in [1.165, 1.54) is 12.1 Å². The first kappa shape index (κ1) is 19.4. The lowest BCUT2D eigenvalue weighted by Crippen LogP contribution is -2.35. The molecular formula is C23H24FN3O. The van der Waals surface area contributed by atoms with Gasteiger partial charge in [0.2, 0.25) is 0 Å². The summed E-state index contributed by atoms with van der Waals surface area (Å²) in [6.07, 6.45) is 3.67. The summed E-state index contributed by atoms with van der Waals surface area (Å²) in [7, 11) is 0. The van der Waals surface area contributed by atoms with Gasteiger partial charge in [-0.1, -0.05) is 30.3 Å². The lowest BCUT2D eigenvalue weighted by atomic mass is 10.2. The topological polar surface area (TPSA) is 37.3 Å². The molecule has 3 rings (SSSR count). The van der Waals surface area contributed by atoms with E-state index < -0.39 is 0 Å². The first-order chi connectivity index (χ1) is 13.5. The summed E-state index contributed by atoms with van der Waals surface area (Å²) in [5.74, 6) is -0.249. The van der Waals surface area contributed by atoms with Crippen molar-refractivity contribution in [3.63, 3.8) is 0 Å². The van der Waals surface area contributed by atoms with E-state index in [2.05, 4.69) is 16.5 Å². The molecule has 0 unspecified atom stereocenters. The molecule has 0 saturated heterocycles. The molecule has 0 spiro atoms. The standard InChI is InChI=1S/C23H24FN3O/c1-3-13-27(23(28)25-21-7-4-6-18(2)15-21)17-22-8-5-14-26(22)16-19-9-11-20(24)12-10-19/h3-12,14-15H,1,13,16-17H2,2H3,(H,25,28). The van der Waals surface area contributed by atoms with Gasteiger partial charge in [-0.2, -0.15) is 0 Å². The predicted octanol–water partition coefficient (Wildman–Crippen LogP) is 5.20. The molecule has 2 aromatic carbocycles. The van der Waals surface area contributed by atoms with Crippen molar-refractivity contribution in [1.29, 1.82) is 0 Å². The Hall–Kier alpha value is -3.34. The number of urea groups is 1. The molecule has 0 bridgehead atoms. The van der Waals surface area contributed by atoms with E-state index >= 15 is 0 Å². The number of aryl methyl sites for hydroxylation is 1. The molecule has 0 aliphatic carbocycles. The van der Waals surface area contributed by atoms with Crippen LogP contribution in [0, 0.1) is 12.7 Å². The zero-order valence-electron chi connectivity index (χ0n) is 15.9. The molecule has 2 amide bonds. The molecule has 144 valence electrons. The third-order valence-electron chi connectivity index (χ3n) is 4.45. The summed E-state index contributed by atoms with van der Waals surface area (Å²) in [6, 6.07) is 17.9. The van der Waals surface area contributed by atoms with E-state index in [4.69, 9.17) is 0 Å². The van der Waals surface area contributed by atoms with Gasteiger partial charge in [-0.3, -0.25) is 0 Å². The second kappa shape index (κ2) is 9.04. The molecule has 28 heavy (non-hydrogen) atoms. The number of halogens is 1. The first-order valence-corrected chi connectivity index (χ1v) is 9.17. The van der Waals surface area contributed by atoms with Gasteiger partial charge in [0.25, 0.3) is 0 Å². The number of hydrogen-bond donors (Lipinski definition) is 1. The number of aromatic nitrogens is 1. The number of carbonyl (C=O) groups excluding carboxylic acids is 1. The molecule has 1 heterocycles. The van der Waals surface area contributed by atoms with Crippen LogP contribution in [0.4, 0.5) is 14.9 Å². The SMILES string of the molecule is C=CCN(Cc1cccn1Cc1ccc(F)cc1)C(=O)Nc1cccc(C)c1. The number of rotatable bonds is 7. The number of nitrogens with one attached hydrogen (secondary N) is 1. The normalized spacial score (nSPS) is 10.5. The third kappa shape index (κ3) is 5.10. The summed E-state index contributed by atoms with van der Waals surface area (Å²) in [6.45, 7) is 7.24. The van der Waals surface area contributed by atoms with Crippen molar-refractivity contribution in [3.8, 4) is 0 Å². The largest absolute Gasteiger partial charge is 0.345 e. The van der Waals surface area contributed by atoms with Gasteiger partial charge in [0.1, 0.15) is 5.82 Å². The van der Waals surface area contributed by atoms with E-state index in [1.54, 1.807) is 23.1 Å². The van der Waals surface area contributed by atoms with Crippen molar-refractivity contribution in [2.75, 3.05) is 11.9 Å². The summed E-state index contributed by atoms with van der Waals surface area (Å²) < 4.78 is 15.2. The predicted molar refractivity (Wildman–Crippen MR) is 111 cm³/mol. The van der Waals surface area contributed by atoms with Gasteiger partial charge in [-0.25, -0.2) is 9.18 Å². The average Bonchev–Trinajstić information content (AvgIpc) is 3.10. The lowest BCUT2D eigenvalue weighted by molar-refractivity contribution is 0.214. The van der Waals surface area contributed by atoms with E-state index in [1.807, 2.05) is 49.5 Å². The Morgan fingerprint density at radius 3 is 2.68 bits per heavy atom. The van der Waals surface area contributed by atoms with Crippen molar-refractivity contribution < 1.29 is 9.18 Å². The zero-order valence-corrected chi connectivity index (χ0v) is 15.9. The minimum absolute atomic E-state index is 0.181. The molecule has 5 heteroatoms. The zero-order chi connectivity index (χ0) is 19.9. The molecule has 4 nitrogen and oxygen atoms in total. The van der Waals surface area contributed by atoms with Crippen molar-refractivity contribution in [3.05, 3.63) is 102 Å². The summed E-state index contributed by atoms with van der Waals surface area (Å²) in [4.78, 5) is 14.5. The quantitative estimate of drug-likeness (QED) is 0.564. The van der Waals surface area contributed by atoms with Gasteiger partial charge in [-0.15, -0.1) is 6.58 Å². The minimum Gasteiger partial charge on any atom is -0.345 e. The molecule has 3 aromatic rings. The Kier molecular flexibility index (Phi) is 6.27. The first-order valence-electron chi connectivity index (χ1n) is 9.17. The lowest BCUT2D eigenvalue weighted by Gasteiger charge is -2.23. The molecule has 0 aliphatic rings. The van der Waals surface area contributed by atoms with E-state index in [-0.39, 0.29) is 11.8 Å². The molecule has 0 saturated carbocycles. The van der Waals surface area contributed by atoms with Crippen molar-refractivity contribution in [2.45, 2.75) is 20.0 Å². The summed E-state index contributed by atoms with van der Waals surface area (Å²) in [5, 5.41) is 2.94. The van der Waals surface area contributed by atoms with E-state index in [0.717, 1.165) is 22.5 Å². The fourth-order valence-electron chi connectivity index (χ4n) is 3.03. The van der Waals surface area contributed by atoms with Crippen LogP contribution in [0.5, 0.6) is 0 Å². The number of hydrogen-bond acceptors (Lipinski definition) is 1. The molecule has 0 aliphatic heterocycles. The van der Waals surface area contributed by atoms with Gasteiger partial charge in [0.05, 0.1) is 6.54 Å². The van der Waals surface area contributed by atoms with Gasteiger partial charge in [-0.05, 0) is 54.4 Å². The van der Waals surface area contributed by atoms with Gasteiger partial charge >= 0.3 is 6.03 Å². The van der Waals surface area contributed by atoms with Gasteiger partial charge in [0, 0.05) is 30.7 Å². The number of anilines is 1. The molecule has 1 aromatic heterocycles. The highest BCUT2D eigenvalue weighted by Gasteiger charge is 2.15. The van der Waals surface area contributed by atoms with Crippen LogP contribution in [0.3, 0.4) is 0 Å². The molecule has 0 radical (unpaired) electrons.